The molecule has 0 saturated carbocycles. The number of pyridine rings is 4. The number of fused-ring (bicyclic) bond motifs is 4. The van der Waals surface area contributed by atoms with Gasteiger partial charge in [-0.3, -0.25) is 8.80 Å². The lowest BCUT2D eigenvalue weighted by atomic mass is 10.1. The van der Waals surface area contributed by atoms with E-state index in [9.17, 15) is 0 Å². The van der Waals surface area contributed by atoms with E-state index in [1.807, 2.05) is 40.3 Å². The zero-order chi connectivity index (χ0) is 35.1. The topological polar surface area (TPSA) is 82.1 Å². The molecule has 49 heavy (non-hydrogen) atoms. The van der Waals surface area contributed by atoms with Gasteiger partial charge in [0.2, 0.25) is 0 Å². The molecule has 0 saturated heterocycles. The summed E-state index contributed by atoms with van der Waals surface area (Å²) in [7, 11) is 0. The van der Waals surface area contributed by atoms with Crippen molar-refractivity contribution in [3.8, 4) is 0 Å². The van der Waals surface area contributed by atoms with Crippen LogP contribution in [0.4, 0.5) is 0 Å². The van der Waals surface area contributed by atoms with Gasteiger partial charge in [0.15, 0.2) is 11.3 Å². The van der Waals surface area contributed by atoms with Crippen molar-refractivity contribution in [3.05, 3.63) is 138 Å². The average molecular weight is 656 g/mol. The maximum Gasteiger partial charge on any atom is 0.160 e. The molecule has 0 amide bonds. The predicted octanol–water partition coefficient (Wildman–Crippen LogP) is 9.53. The average Bonchev–Trinajstić information content (AvgIpc) is 3.91. The molecule has 0 bridgehead atoms. The minimum Gasteiger partial charge on any atom is -0.324 e. The molecule has 9 nitrogen and oxygen atoms in total. The van der Waals surface area contributed by atoms with Crippen molar-refractivity contribution in [3.63, 3.8) is 0 Å². The first-order chi connectivity index (χ1) is 23.5. The van der Waals surface area contributed by atoms with Crippen LogP contribution in [0.5, 0.6) is 0 Å². The number of nitrogens with zero attached hydrogens (tertiary/aromatic N) is 9. The molecule has 0 N–H and O–H groups in total. The Hall–Kier alpha value is -5.31. The van der Waals surface area contributed by atoms with Crippen LogP contribution in [0.25, 0.3) is 22.5 Å². The highest BCUT2D eigenvalue weighted by atomic mass is 15.2. The lowest BCUT2D eigenvalue weighted by molar-refractivity contribution is 0.849. The largest absolute Gasteiger partial charge is 0.324 e. The number of rotatable bonds is 4. The van der Waals surface area contributed by atoms with Crippen LogP contribution < -0.4 is 0 Å². The first-order valence-corrected chi connectivity index (χ1v) is 17.1. The third-order valence-corrected chi connectivity index (χ3v) is 8.53. The second kappa shape index (κ2) is 15.7. The van der Waals surface area contributed by atoms with Gasteiger partial charge < -0.3 is 8.80 Å². The normalized spacial score (nSPS) is 11.3. The van der Waals surface area contributed by atoms with E-state index in [1.165, 1.54) is 27.8 Å². The van der Waals surface area contributed by atoms with Crippen molar-refractivity contribution in [2.24, 2.45) is 0 Å². The van der Waals surface area contributed by atoms with Crippen molar-refractivity contribution in [1.82, 2.24) is 43.0 Å². The minimum absolute atomic E-state index is 0.547. The highest BCUT2D eigenvalue weighted by Gasteiger charge is 2.04. The number of aromatic nitrogens is 9. The molecule has 254 valence electrons. The molecular formula is C40H49N9. The molecular weight excluding hydrogens is 607 g/mol. The van der Waals surface area contributed by atoms with Crippen molar-refractivity contribution < 1.29 is 0 Å². The zero-order valence-electron chi connectivity index (χ0n) is 30.2. The maximum absolute atomic E-state index is 4.18. The van der Waals surface area contributed by atoms with Crippen molar-refractivity contribution in [2.75, 3.05) is 0 Å². The van der Waals surface area contributed by atoms with Crippen LogP contribution in [0, 0.1) is 6.92 Å². The van der Waals surface area contributed by atoms with Gasteiger partial charge in [-0.1, -0.05) is 79.7 Å². The van der Waals surface area contributed by atoms with Gasteiger partial charge in [0.25, 0.3) is 0 Å². The Morgan fingerprint density at radius 1 is 0.490 bits per heavy atom. The number of hydrogen-bond acceptors (Lipinski definition) is 5. The second-order valence-electron chi connectivity index (χ2n) is 13.6. The highest BCUT2D eigenvalue weighted by Crippen LogP contribution is 2.17. The van der Waals surface area contributed by atoms with Gasteiger partial charge in [0.05, 0.1) is 0 Å². The molecule has 0 unspecified atom stereocenters. The summed E-state index contributed by atoms with van der Waals surface area (Å²) in [6.07, 6.45) is 16.1. The summed E-state index contributed by atoms with van der Waals surface area (Å²) < 4.78 is 8.18. The number of imidazole rings is 1. The van der Waals surface area contributed by atoms with Crippen LogP contribution in [0.2, 0.25) is 0 Å². The van der Waals surface area contributed by atoms with Gasteiger partial charge in [-0.05, 0) is 89.2 Å². The highest BCUT2D eigenvalue weighted by molar-refractivity contribution is 5.48. The van der Waals surface area contributed by atoms with E-state index in [-0.39, 0.29) is 0 Å². The van der Waals surface area contributed by atoms with E-state index >= 15 is 0 Å². The summed E-state index contributed by atoms with van der Waals surface area (Å²) in [6.45, 7) is 19.5. The van der Waals surface area contributed by atoms with Crippen molar-refractivity contribution in [2.45, 2.75) is 86.0 Å². The van der Waals surface area contributed by atoms with E-state index in [0.29, 0.717) is 23.7 Å². The quantitative estimate of drug-likeness (QED) is 0.189. The van der Waals surface area contributed by atoms with E-state index in [1.54, 1.807) is 6.33 Å². The molecule has 0 fully saturated rings. The van der Waals surface area contributed by atoms with Crippen LogP contribution in [0.15, 0.2) is 110 Å². The molecule has 8 heterocycles. The monoisotopic (exact) mass is 655 g/mol. The number of hydrogen-bond donors (Lipinski definition) is 0. The minimum atomic E-state index is 0.547. The molecule has 0 aliphatic carbocycles. The van der Waals surface area contributed by atoms with Gasteiger partial charge in [0.1, 0.15) is 17.8 Å². The summed E-state index contributed by atoms with van der Waals surface area (Å²) >= 11 is 0. The Labute approximate surface area is 289 Å². The Kier molecular flexibility index (Phi) is 11.2. The fourth-order valence-electron chi connectivity index (χ4n) is 5.22. The molecule has 0 aromatic carbocycles. The van der Waals surface area contributed by atoms with E-state index in [4.69, 9.17) is 0 Å². The van der Waals surface area contributed by atoms with Gasteiger partial charge in [-0.25, -0.2) is 4.98 Å². The molecule has 8 aromatic rings. The summed E-state index contributed by atoms with van der Waals surface area (Å²) in [6, 6.07) is 20.9. The standard InChI is InChI=1S/C11H13N.C10H13N3.C10H12N2.C9H11N3/c1-9(2)10-5-6-11-4-3-7-12(11)8-10;1-7(2)9-4-5-10-12-11-8(3)13(10)6-9;1-8(2)9-3-4-10-11-5-6-12(10)7-9;1-7(2)8-3-4-9-11-10-6-12(9)5-8/h3-9H,1-2H3;4-7H,1-3H3;3-8H,1-2H3;3-7H,1-2H3. The third kappa shape index (κ3) is 8.79. The first kappa shape index (κ1) is 35.0. The Balaban J connectivity index is 0.000000127. The first-order valence-electron chi connectivity index (χ1n) is 17.1. The van der Waals surface area contributed by atoms with Gasteiger partial charge in [-0.15, -0.1) is 20.4 Å². The smallest absolute Gasteiger partial charge is 0.160 e. The van der Waals surface area contributed by atoms with Crippen LogP contribution in [-0.4, -0.2) is 43.0 Å². The van der Waals surface area contributed by atoms with Crippen molar-refractivity contribution in [1.29, 1.82) is 0 Å². The van der Waals surface area contributed by atoms with Crippen LogP contribution in [-0.2, 0) is 0 Å². The lowest BCUT2D eigenvalue weighted by Crippen LogP contribution is -1.93. The maximum atomic E-state index is 4.18. The molecule has 0 spiro atoms. The van der Waals surface area contributed by atoms with Crippen LogP contribution >= 0.6 is 0 Å². The van der Waals surface area contributed by atoms with E-state index in [2.05, 4.69) is 169 Å². The van der Waals surface area contributed by atoms with Gasteiger partial charge in [0, 0.05) is 48.9 Å². The zero-order valence-corrected chi connectivity index (χ0v) is 30.2. The summed E-state index contributed by atoms with van der Waals surface area (Å²) in [5.74, 6) is 3.23. The van der Waals surface area contributed by atoms with Crippen molar-refractivity contribution >= 4 is 22.5 Å². The summed E-state index contributed by atoms with van der Waals surface area (Å²) in [5.41, 5.74) is 9.46. The van der Waals surface area contributed by atoms with Crippen LogP contribution in [0.3, 0.4) is 0 Å². The van der Waals surface area contributed by atoms with Gasteiger partial charge >= 0.3 is 0 Å². The Morgan fingerprint density at radius 2 is 1.04 bits per heavy atom. The Bertz CT molecular complexity index is 2040. The molecule has 0 radical (unpaired) electrons. The SMILES string of the molecule is CC(C)c1ccc2cccn2c1.CC(C)c1ccc2nccn2c1.CC(C)c1ccc2nncn2c1.Cc1nnc2ccc(C(C)C)cn12. The van der Waals surface area contributed by atoms with E-state index in [0.717, 1.165) is 22.8 Å². The third-order valence-electron chi connectivity index (χ3n) is 8.53. The molecule has 0 aliphatic heterocycles. The number of aryl methyl sites for hydroxylation is 1. The molecule has 9 heteroatoms. The fourth-order valence-corrected chi connectivity index (χ4v) is 5.22. The summed E-state index contributed by atoms with van der Waals surface area (Å²) in [5, 5.41) is 15.8. The van der Waals surface area contributed by atoms with Crippen LogP contribution in [0.1, 0.15) is 107 Å². The molecule has 0 atom stereocenters. The second-order valence-corrected chi connectivity index (χ2v) is 13.6. The molecule has 8 rings (SSSR count). The summed E-state index contributed by atoms with van der Waals surface area (Å²) in [4.78, 5) is 4.18. The lowest BCUT2D eigenvalue weighted by Gasteiger charge is -2.05. The van der Waals surface area contributed by atoms with Gasteiger partial charge in [-0.2, -0.15) is 0 Å². The van der Waals surface area contributed by atoms with E-state index < -0.39 is 0 Å². The molecule has 8 aromatic heterocycles. The Morgan fingerprint density at radius 3 is 1.69 bits per heavy atom. The predicted molar refractivity (Wildman–Crippen MR) is 200 cm³/mol. The fraction of sp³-hybridized carbons (Fsp3) is 0.325. The molecule has 0 aliphatic rings.